The summed E-state index contributed by atoms with van der Waals surface area (Å²) in [6.45, 7) is 5.76. The second-order valence-corrected chi connectivity index (χ2v) is 4.93. The fraction of sp³-hybridized carbons (Fsp3) is 0.308. The summed E-state index contributed by atoms with van der Waals surface area (Å²) in [5.74, 6) is 0.359. The third kappa shape index (κ3) is 3.12. The smallest absolute Gasteiger partial charge is 0.296 e. The molecule has 0 aliphatic carbocycles. The van der Waals surface area contributed by atoms with Gasteiger partial charge in [-0.05, 0) is 32.9 Å². The number of anilines is 1. The van der Waals surface area contributed by atoms with Gasteiger partial charge in [0.2, 0.25) is 0 Å². The van der Waals surface area contributed by atoms with E-state index in [1.807, 2.05) is 19.9 Å². The standard InChI is InChI=1S/C13H15ClN4O/c1-8(2)15-12-6-4-5-11(16-12)13(19)18-7-10(14)9(3)17-18/h4-8H,1-3H3,(H,15,16). The molecular weight excluding hydrogens is 264 g/mol. The molecule has 1 N–H and O–H groups in total. The molecular formula is C13H15ClN4O. The van der Waals surface area contributed by atoms with E-state index >= 15 is 0 Å². The molecule has 0 saturated carbocycles. The highest BCUT2D eigenvalue weighted by Gasteiger charge is 2.13. The summed E-state index contributed by atoms with van der Waals surface area (Å²) in [7, 11) is 0. The minimum Gasteiger partial charge on any atom is -0.368 e. The lowest BCUT2D eigenvalue weighted by Crippen LogP contribution is -2.17. The number of rotatable bonds is 3. The third-order valence-electron chi connectivity index (χ3n) is 2.45. The number of nitrogens with zero attached hydrogens (tertiary/aromatic N) is 3. The fourth-order valence-corrected chi connectivity index (χ4v) is 1.72. The van der Waals surface area contributed by atoms with Gasteiger partial charge in [-0.15, -0.1) is 0 Å². The van der Waals surface area contributed by atoms with E-state index in [4.69, 9.17) is 11.6 Å². The molecule has 6 heteroatoms. The second kappa shape index (κ2) is 5.40. The average Bonchev–Trinajstić information content (AvgIpc) is 2.68. The molecule has 5 nitrogen and oxygen atoms in total. The molecule has 0 unspecified atom stereocenters. The summed E-state index contributed by atoms with van der Waals surface area (Å²) in [4.78, 5) is 16.5. The van der Waals surface area contributed by atoms with Crippen LogP contribution in [0.4, 0.5) is 5.82 Å². The van der Waals surface area contributed by atoms with Gasteiger partial charge in [-0.3, -0.25) is 4.79 Å². The Morgan fingerprint density at radius 1 is 1.42 bits per heavy atom. The molecule has 0 spiro atoms. The Morgan fingerprint density at radius 3 is 2.74 bits per heavy atom. The topological polar surface area (TPSA) is 59.8 Å². The van der Waals surface area contributed by atoms with Crippen molar-refractivity contribution in [3.63, 3.8) is 0 Å². The van der Waals surface area contributed by atoms with E-state index in [1.165, 1.54) is 10.9 Å². The zero-order valence-electron chi connectivity index (χ0n) is 11.0. The van der Waals surface area contributed by atoms with Crippen LogP contribution in [0.1, 0.15) is 30.0 Å². The van der Waals surface area contributed by atoms with Crippen molar-refractivity contribution in [2.24, 2.45) is 0 Å². The number of hydrogen-bond donors (Lipinski definition) is 1. The largest absolute Gasteiger partial charge is 0.368 e. The minimum atomic E-state index is -0.303. The lowest BCUT2D eigenvalue weighted by Gasteiger charge is -2.09. The van der Waals surface area contributed by atoms with E-state index in [2.05, 4.69) is 15.4 Å². The number of carbonyl (C=O) groups excluding carboxylic acids is 1. The van der Waals surface area contributed by atoms with Crippen molar-refractivity contribution >= 4 is 23.3 Å². The summed E-state index contributed by atoms with van der Waals surface area (Å²) in [6, 6.07) is 5.50. The quantitative estimate of drug-likeness (QED) is 0.938. The zero-order valence-corrected chi connectivity index (χ0v) is 11.8. The van der Waals surface area contributed by atoms with Crippen molar-refractivity contribution in [1.29, 1.82) is 0 Å². The Kier molecular flexibility index (Phi) is 3.85. The number of hydrogen-bond acceptors (Lipinski definition) is 4. The lowest BCUT2D eigenvalue weighted by molar-refractivity contribution is 0.0940. The fourth-order valence-electron chi connectivity index (χ4n) is 1.59. The highest BCUT2D eigenvalue weighted by atomic mass is 35.5. The molecule has 0 aliphatic rings. The van der Waals surface area contributed by atoms with Gasteiger partial charge in [-0.25, -0.2) is 9.67 Å². The Hall–Kier alpha value is -1.88. The molecule has 100 valence electrons. The van der Waals surface area contributed by atoms with Gasteiger partial charge in [0.05, 0.1) is 16.9 Å². The predicted octanol–water partition coefficient (Wildman–Crippen LogP) is 2.75. The first-order valence-corrected chi connectivity index (χ1v) is 6.35. The van der Waals surface area contributed by atoms with Crippen molar-refractivity contribution in [3.05, 3.63) is 40.8 Å². The van der Waals surface area contributed by atoms with Crippen LogP contribution < -0.4 is 5.32 Å². The van der Waals surface area contributed by atoms with Crippen LogP contribution in [0.2, 0.25) is 5.02 Å². The molecule has 0 bridgehead atoms. The Balaban J connectivity index is 2.28. The Bertz CT molecular complexity index is 587. The molecule has 0 aliphatic heterocycles. The van der Waals surface area contributed by atoms with E-state index < -0.39 is 0 Å². The van der Waals surface area contributed by atoms with Crippen molar-refractivity contribution in [2.75, 3.05) is 5.32 Å². The van der Waals surface area contributed by atoms with Gasteiger partial charge in [-0.2, -0.15) is 5.10 Å². The first-order valence-electron chi connectivity index (χ1n) is 5.97. The van der Waals surface area contributed by atoms with Gasteiger partial charge in [0, 0.05) is 6.04 Å². The summed E-state index contributed by atoms with van der Waals surface area (Å²) in [5.41, 5.74) is 0.941. The van der Waals surface area contributed by atoms with Crippen LogP contribution >= 0.6 is 11.6 Å². The van der Waals surface area contributed by atoms with E-state index in [1.54, 1.807) is 19.1 Å². The van der Waals surface area contributed by atoms with Gasteiger partial charge in [0.1, 0.15) is 11.5 Å². The first kappa shape index (κ1) is 13.5. The number of carbonyl (C=O) groups is 1. The van der Waals surface area contributed by atoms with Crippen LogP contribution in [0.5, 0.6) is 0 Å². The Labute approximate surface area is 116 Å². The first-order chi connectivity index (χ1) is 8.97. The molecule has 0 atom stereocenters. The summed E-state index contributed by atoms with van der Waals surface area (Å²) in [6.07, 6.45) is 1.49. The van der Waals surface area contributed by atoms with Crippen LogP contribution in [0.15, 0.2) is 24.4 Å². The molecule has 2 heterocycles. The molecule has 0 aromatic carbocycles. The highest BCUT2D eigenvalue weighted by Crippen LogP contribution is 2.14. The number of aromatic nitrogens is 3. The molecule has 0 saturated heterocycles. The van der Waals surface area contributed by atoms with Crippen LogP contribution in [-0.2, 0) is 0 Å². The molecule has 0 radical (unpaired) electrons. The van der Waals surface area contributed by atoms with Crippen LogP contribution in [-0.4, -0.2) is 26.7 Å². The van der Waals surface area contributed by atoms with E-state index in [0.717, 1.165) is 0 Å². The third-order valence-corrected chi connectivity index (χ3v) is 2.82. The predicted molar refractivity (Wildman–Crippen MR) is 74.7 cm³/mol. The summed E-state index contributed by atoms with van der Waals surface area (Å²) >= 11 is 5.89. The average molecular weight is 279 g/mol. The van der Waals surface area contributed by atoms with Gasteiger partial charge in [0.25, 0.3) is 5.91 Å². The van der Waals surface area contributed by atoms with E-state index in [0.29, 0.717) is 22.2 Å². The molecule has 19 heavy (non-hydrogen) atoms. The maximum absolute atomic E-state index is 12.2. The van der Waals surface area contributed by atoms with Gasteiger partial charge >= 0.3 is 0 Å². The number of pyridine rings is 1. The van der Waals surface area contributed by atoms with Crippen molar-refractivity contribution in [2.45, 2.75) is 26.8 Å². The lowest BCUT2D eigenvalue weighted by atomic mass is 10.3. The normalized spacial score (nSPS) is 10.8. The van der Waals surface area contributed by atoms with Crippen molar-refractivity contribution in [1.82, 2.24) is 14.8 Å². The van der Waals surface area contributed by atoms with Gasteiger partial charge < -0.3 is 5.32 Å². The SMILES string of the molecule is Cc1nn(C(=O)c2cccc(NC(C)C)n2)cc1Cl. The zero-order chi connectivity index (χ0) is 14.0. The van der Waals surface area contributed by atoms with Crippen LogP contribution in [0.25, 0.3) is 0 Å². The van der Waals surface area contributed by atoms with Crippen LogP contribution in [0, 0.1) is 6.92 Å². The van der Waals surface area contributed by atoms with Crippen molar-refractivity contribution in [3.8, 4) is 0 Å². The number of aryl methyl sites for hydroxylation is 1. The van der Waals surface area contributed by atoms with Gasteiger partial charge in [-0.1, -0.05) is 17.7 Å². The van der Waals surface area contributed by atoms with E-state index in [-0.39, 0.29) is 11.9 Å². The van der Waals surface area contributed by atoms with Crippen LogP contribution in [0.3, 0.4) is 0 Å². The number of halogens is 1. The molecule has 2 rings (SSSR count). The number of nitrogens with one attached hydrogen (secondary N) is 1. The molecule has 0 fully saturated rings. The summed E-state index contributed by atoms with van der Waals surface area (Å²) < 4.78 is 1.21. The monoisotopic (exact) mass is 278 g/mol. The van der Waals surface area contributed by atoms with Crippen molar-refractivity contribution < 1.29 is 4.79 Å². The minimum absolute atomic E-state index is 0.249. The maximum atomic E-state index is 12.2. The second-order valence-electron chi connectivity index (χ2n) is 4.52. The summed E-state index contributed by atoms with van der Waals surface area (Å²) in [5, 5.41) is 7.66. The Morgan fingerprint density at radius 2 is 2.16 bits per heavy atom. The molecule has 2 aromatic heterocycles. The van der Waals surface area contributed by atoms with E-state index in [9.17, 15) is 4.79 Å². The highest BCUT2D eigenvalue weighted by molar-refractivity contribution is 6.31. The molecule has 0 amide bonds. The van der Waals surface area contributed by atoms with Gasteiger partial charge in [0.15, 0.2) is 0 Å². The maximum Gasteiger partial charge on any atom is 0.296 e. The molecule has 2 aromatic rings.